The van der Waals surface area contributed by atoms with Gasteiger partial charge in [-0.25, -0.2) is 0 Å². The normalized spacial score (nSPS) is 18.2. The van der Waals surface area contributed by atoms with Crippen molar-refractivity contribution < 1.29 is 4.79 Å². The molecular weight excluding hydrogens is 212 g/mol. The zero-order chi connectivity index (χ0) is 12.8. The first kappa shape index (κ1) is 14.2. The zero-order valence-corrected chi connectivity index (χ0v) is 11.4. The minimum Gasteiger partial charge on any atom is -0.339 e. The van der Waals surface area contributed by atoms with E-state index in [-0.39, 0.29) is 5.91 Å². The molecule has 0 saturated carbocycles. The van der Waals surface area contributed by atoms with Crippen molar-refractivity contribution in [3.8, 4) is 0 Å². The highest BCUT2D eigenvalue weighted by molar-refractivity contribution is 5.76. The summed E-state index contributed by atoms with van der Waals surface area (Å²) in [5.74, 6) is 1.22. The average molecular weight is 238 g/mol. The Morgan fingerprint density at radius 3 is 2.71 bits per heavy atom. The molecule has 3 heteroatoms. The number of amides is 1. The monoisotopic (exact) mass is 238 g/mol. The molecule has 0 aromatic carbocycles. The van der Waals surface area contributed by atoms with Crippen molar-refractivity contribution in [2.45, 2.75) is 40.0 Å². The van der Waals surface area contributed by atoms with Crippen LogP contribution in [0.5, 0.6) is 0 Å². The third kappa shape index (κ3) is 4.90. The Bertz CT molecular complexity index is 284. The summed E-state index contributed by atoms with van der Waals surface area (Å²) >= 11 is 0. The van der Waals surface area contributed by atoms with Crippen LogP contribution in [0.3, 0.4) is 0 Å². The molecule has 1 atom stereocenters. The summed E-state index contributed by atoms with van der Waals surface area (Å²) in [6.45, 7) is 8.76. The molecule has 0 aliphatic carbocycles. The second kappa shape index (κ2) is 6.80. The molecule has 1 amide bonds. The lowest BCUT2D eigenvalue weighted by Crippen LogP contribution is -2.36. The van der Waals surface area contributed by atoms with E-state index in [2.05, 4.69) is 26.8 Å². The Kier molecular flexibility index (Phi) is 5.69. The Morgan fingerprint density at radius 1 is 1.53 bits per heavy atom. The number of rotatable bonds is 5. The van der Waals surface area contributed by atoms with E-state index in [1.165, 1.54) is 5.57 Å². The quantitative estimate of drug-likeness (QED) is 0.746. The van der Waals surface area contributed by atoms with Crippen LogP contribution in [0, 0.1) is 11.8 Å². The lowest BCUT2D eigenvalue weighted by molar-refractivity contribution is -0.131. The Hall–Kier alpha value is -0.830. The lowest BCUT2D eigenvalue weighted by atomic mass is 9.93. The van der Waals surface area contributed by atoms with E-state index < -0.39 is 0 Å². The lowest BCUT2D eigenvalue weighted by Gasteiger charge is -2.27. The first-order chi connectivity index (χ1) is 8.02. The number of nitrogens with zero attached hydrogens (tertiary/aromatic N) is 1. The third-order valence-corrected chi connectivity index (χ3v) is 3.39. The molecule has 1 unspecified atom stereocenters. The molecule has 0 fully saturated rings. The summed E-state index contributed by atoms with van der Waals surface area (Å²) in [5, 5.41) is 0. The van der Waals surface area contributed by atoms with Crippen molar-refractivity contribution in [3.05, 3.63) is 11.6 Å². The fourth-order valence-electron chi connectivity index (χ4n) is 2.30. The van der Waals surface area contributed by atoms with Crippen molar-refractivity contribution in [1.82, 2.24) is 4.90 Å². The highest BCUT2D eigenvalue weighted by Gasteiger charge is 2.20. The predicted octanol–water partition coefficient (Wildman–Crippen LogP) is 2.18. The smallest absolute Gasteiger partial charge is 0.223 e. The number of nitrogens with two attached hydrogens (primary N) is 1. The minimum absolute atomic E-state index is 0.268. The van der Waals surface area contributed by atoms with E-state index in [1.54, 1.807) is 0 Å². The van der Waals surface area contributed by atoms with Crippen LogP contribution in [0.2, 0.25) is 0 Å². The summed E-state index contributed by atoms with van der Waals surface area (Å²) in [4.78, 5) is 14.1. The molecule has 1 aliphatic rings. The summed E-state index contributed by atoms with van der Waals surface area (Å²) in [5.41, 5.74) is 7.13. The van der Waals surface area contributed by atoms with Crippen LogP contribution in [0.15, 0.2) is 11.6 Å². The van der Waals surface area contributed by atoms with E-state index in [0.29, 0.717) is 24.8 Å². The van der Waals surface area contributed by atoms with Crippen LogP contribution in [0.25, 0.3) is 0 Å². The Morgan fingerprint density at radius 2 is 2.24 bits per heavy atom. The second-order valence-electron chi connectivity index (χ2n) is 5.58. The fraction of sp³-hybridized carbons (Fsp3) is 0.786. The zero-order valence-electron chi connectivity index (χ0n) is 11.4. The molecule has 0 saturated heterocycles. The van der Waals surface area contributed by atoms with E-state index in [9.17, 15) is 4.79 Å². The van der Waals surface area contributed by atoms with Gasteiger partial charge in [0.15, 0.2) is 0 Å². The van der Waals surface area contributed by atoms with E-state index in [4.69, 9.17) is 5.73 Å². The number of hydrogen-bond acceptors (Lipinski definition) is 2. The van der Waals surface area contributed by atoms with Crippen molar-refractivity contribution in [2.24, 2.45) is 17.6 Å². The standard InChI is InChI=1S/C14H26N2O/c1-11(2)8-13(10-15)9-14(17)16-6-4-12(3)5-7-16/h4,11,13H,5-10,15H2,1-3H3. The second-order valence-corrected chi connectivity index (χ2v) is 5.58. The van der Waals surface area contributed by atoms with E-state index >= 15 is 0 Å². The van der Waals surface area contributed by atoms with Crippen molar-refractivity contribution >= 4 is 5.91 Å². The van der Waals surface area contributed by atoms with Gasteiger partial charge >= 0.3 is 0 Å². The van der Waals surface area contributed by atoms with E-state index in [0.717, 1.165) is 25.9 Å². The number of hydrogen-bond donors (Lipinski definition) is 1. The van der Waals surface area contributed by atoms with Gasteiger partial charge in [-0.2, -0.15) is 0 Å². The molecule has 3 nitrogen and oxygen atoms in total. The minimum atomic E-state index is 0.268. The predicted molar refractivity (Wildman–Crippen MR) is 71.6 cm³/mol. The van der Waals surface area contributed by atoms with Crippen LogP contribution in [-0.2, 0) is 4.79 Å². The molecule has 1 rings (SSSR count). The van der Waals surface area contributed by atoms with Gasteiger partial charge in [-0.3, -0.25) is 4.79 Å². The van der Waals surface area contributed by atoms with Gasteiger partial charge in [-0.05, 0) is 38.1 Å². The Labute approximate surface area is 105 Å². The highest BCUT2D eigenvalue weighted by Crippen LogP contribution is 2.17. The molecule has 0 aromatic heterocycles. The van der Waals surface area contributed by atoms with Crippen LogP contribution < -0.4 is 5.73 Å². The van der Waals surface area contributed by atoms with Gasteiger partial charge in [0, 0.05) is 19.5 Å². The van der Waals surface area contributed by atoms with Crippen LogP contribution in [-0.4, -0.2) is 30.4 Å². The van der Waals surface area contributed by atoms with E-state index in [1.807, 2.05) is 4.90 Å². The maximum absolute atomic E-state index is 12.1. The van der Waals surface area contributed by atoms with Crippen molar-refractivity contribution in [2.75, 3.05) is 19.6 Å². The topological polar surface area (TPSA) is 46.3 Å². The largest absolute Gasteiger partial charge is 0.339 e. The maximum Gasteiger partial charge on any atom is 0.223 e. The molecular formula is C14H26N2O. The molecule has 0 radical (unpaired) electrons. The SMILES string of the molecule is CC1=CCN(C(=O)CC(CN)CC(C)C)CC1. The van der Waals surface area contributed by atoms with Gasteiger partial charge in [0.05, 0.1) is 0 Å². The van der Waals surface area contributed by atoms with Gasteiger partial charge in [-0.15, -0.1) is 0 Å². The van der Waals surface area contributed by atoms with Gasteiger partial charge in [0.1, 0.15) is 0 Å². The summed E-state index contributed by atoms with van der Waals surface area (Å²) in [6, 6.07) is 0. The molecule has 0 aromatic rings. The van der Waals surface area contributed by atoms with Crippen LogP contribution in [0.4, 0.5) is 0 Å². The summed E-state index contributed by atoms with van der Waals surface area (Å²) in [7, 11) is 0. The van der Waals surface area contributed by atoms with Crippen LogP contribution in [0.1, 0.15) is 40.0 Å². The van der Waals surface area contributed by atoms with Crippen molar-refractivity contribution in [3.63, 3.8) is 0 Å². The summed E-state index contributed by atoms with van der Waals surface area (Å²) < 4.78 is 0. The molecule has 98 valence electrons. The molecule has 1 heterocycles. The summed E-state index contributed by atoms with van der Waals surface area (Å²) in [6.07, 6.45) is 4.83. The molecule has 17 heavy (non-hydrogen) atoms. The van der Waals surface area contributed by atoms with Gasteiger partial charge in [0.25, 0.3) is 0 Å². The maximum atomic E-state index is 12.1. The number of carbonyl (C=O) groups excluding carboxylic acids is 1. The van der Waals surface area contributed by atoms with Gasteiger partial charge in [-0.1, -0.05) is 25.5 Å². The van der Waals surface area contributed by atoms with Crippen LogP contribution >= 0.6 is 0 Å². The fourth-order valence-corrected chi connectivity index (χ4v) is 2.30. The number of carbonyl (C=O) groups is 1. The van der Waals surface area contributed by atoms with Gasteiger partial charge in [0.2, 0.25) is 5.91 Å². The first-order valence-electron chi connectivity index (χ1n) is 6.66. The molecule has 0 bridgehead atoms. The first-order valence-corrected chi connectivity index (χ1v) is 6.66. The third-order valence-electron chi connectivity index (χ3n) is 3.39. The van der Waals surface area contributed by atoms with Gasteiger partial charge < -0.3 is 10.6 Å². The van der Waals surface area contributed by atoms with Crippen molar-refractivity contribution in [1.29, 1.82) is 0 Å². The Balaban J connectivity index is 2.42. The average Bonchev–Trinajstić information content (AvgIpc) is 2.28. The molecule has 1 aliphatic heterocycles. The highest BCUT2D eigenvalue weighted by atomic mass is 16.2. The molecule has 0 spiro atoms. The molecule has 2 N–H and O–H groups in total.